The van der Waals surface area contributed by atoms with E-state index in [1.54, 1.807) is 4.68 Å². The molecule has 6 heteroatoms. The molecule has 108 valence electrons. The molecule has 0 saturated heterocycles. The number of hydrogen-bond donors (Lipinski definition) is 1. The summed E-state index contributed by atoms with van der Waals surface area (Å²) in [5.74, 6) is -0.116. The van der Waals surface area contributed by atoms with E-state index in [1.807, 2.05) is 19.0 Å². The first kappa shape index (κ1) is 16.1. The number of hydrogen-bond acceptors (Lipinski definition) is 4. The predicted molar refractivity (Wildman–Crippen MR) is 77.6 cm³/mol. The number of Topliss-reactive ketones (excluding diaryl/α,β-unsaturated/α-hetero) is 1. The fraction of sp³-hybridized carbons (Fsp3) is 0.692. The molecular weight excluding hydrogens is 264 g/mol. The van der Waals surface area contributed by atoms with E-state index in [0.29, 0.717) is 23.7 Å². The molecule has 1 rings (SSSR count). The van der Waals surface area contributed by atoms with Crippen molar-refractivity contribution in [3.8, 4) is 0 Å². The van der Waals surface area contributed by atoms with Gasteiger partial charge >= 0.3 is 0 Å². The van der Waals surface area contributed by atoms with Crippen LogP contribution >= 0.6 is 11.6 Å². The molecule has 0 aliphatic carbocycles. The lowest BCUT2D eigenvalue weighted by atomic mass is 10.0. The molecule has 0 radical (unpaired) electrons. The number of carbonyl (C=O) groups is 1. The van der Waals surface area contributed by atoms with Gasteiger partial charge < -0.3 is 10.6 Å². The topological polar surface area (TPSA) is 64.2 Å². The molecule has 0 aliphatic heterocycles. The van der Waals surface area contributed by atoms with E-state index in [2.05, 4.69) is 12.0 Å². The van der Waals surface area contributed by atoms with Gasteiger partial charge in [0, 0.05) is 6.54 Å². The van der Waals surface area contributed by atoms with Gasteiger partial charge in [0.25, 0.3) is 0 Å². The summed E-state index contributed by atoms with van der Waals surface area (Å²) in [5.41, 5.74) is 6.37. The Balaban J connectivity index is 2.80. The number of rotatable bonds is 8. The summed E-state index contributed by atoms with van der Waals surface area (Å²) in [5, 5.41) is 4.54. The Morgan fingerprint density at radius 2 is 2.26 bits per heavy atom. The van der Waals surface area contributed by atoms with Gasteiger partial charge in [-0.3, -0.25) is 9.48 Å². The Morgan fingerprint density at radius 1 is 1.58 bits per heavy atom. The van der Waals surface area contributed by atoms with Crippen molar-refractivity contribution < 1.29 is 4.79 Å². The van der Waals surface area contributed by atoms with Crippen LogP contribution in [0.25, 0.3) is 0 Å². The van der Waals surface area contributed by atoms with Crippen LogP contribution in [0, 0.1) is 0 Å². The van der Waals surface area contributed by atoms with Crippen molar-refractivity contribution in [1.82, 2.24) is 14.7 Å². The lowest BCUT2D eigenvalue weighted by Crippen LogP contribution is -2.33. The van der Waals surface area contributed by atoms with Gasteiger partial charge in [-0.05, 0) is 20.5 Å². The Morgan fingerprint density at radius 3 is 2.84 bits per heavy atom. The smallest absolute Gasteiger partial charge is 0.199 e. The van der Waals surface area contributed by atoms with E-state index in [9.17, 15) is 4.79 Å². The Hall–Kier alpha value is -0.910. The number of carbonyl (C=O) groups excluding carboxylic acids is 1. The lowest BCUT2D eigenvalue weighted by Gasteiger charge is -2.14. The van der Waals surface area contributed by atoms with Crippen LogP contribution in [-0.4, -0.2) is 47.1 Å². The molecule has 1 unspecified atom stereocenters. The van der Waals surface area contributed by atoms with E-state index in [0.717, 1.165) is 19.4 Å². The van der Waals surface area contributed by atoms with Crippen LogP contribution in [0.15, 0.2) is 6.20 Å². The van der Waals surface area contributed by atoms with Crippen molar-refractivity contribution in [3.63, 3.8) is 0 Å². The summed E-state index contributed by atoms with van der Waals surface area (Å²) in [6, 6.07) is -0.493. The molecule has 0 fully saturated rings. The highest BCUT2D eigenvalue weighted by atomic mass is 35.5. The van der Waals surface area contributed by atoms with Gasteiger partial charge in [0.1, 0.15) is 5.69 Å². The zero-order chi connectivity index (χ0) is 14.4. The zero-order valence-corrected chi connectivity index (χ0v) is 12.7. The van der Waals surface area contributed by atoms with E-state index in [4.69, 9.17) is 17.3 Å². The van der Waals surface area contributed by atoms with Crippen LogP contribution in [0.1, 0.15) is 36.7 Å². The van der Waals surface area contributed by atoms with Crippen LogP contribution in [0.2, 0.25) is 5.02 Å². The van der Waals surface area contributed by atoms with Crippen molar-refractivity contribution in [2.75, 3.05) is 20.6 Å². The second-order valence-electron chi connectivity index (χ2n) is 4.98. The number of aromatic nitrogens is 2. The van der Waals surface area contributed by atoms with Crippen LogP contribution in [0.3, 0.4) is 0 Å². The van der Waals surface area contributed by atoms with E-state index in [1.165, 1.54) is 6.20 Å². The Labute approximate surface area is 119 Å². The number of likely N-dealkylation sites (N-methyl/N-ethyl adjacent to an activating group) is 1. The van der Waals surface area contributed by atoms with Crippen molar-refractivity contribution in [2.24, 2.45) is 5.73 Å². The van der Waals surface area contributed by atoms with Crippen molar-refractivity contribution in [3.05, 3.63) is 16.9 Å². The molecule has 1 aromatic heterocycles. The maximum Gasteiger partial charge on any atom is 0.199 e. The summed E-state index contributed by atoms with van der Waals surface area (Å²) in [7, 11) is 3.94. The normalized spacial score (nSPS) is 12.9. The standard InChI is InChI=1S/C13H23ClN4O/c1-4-5-6-11(15)13(19)12-10(14)9-16-18(12)8-7-17(2)3/h9,11H,4-8,15H2,1-3H3. The molecule has 0 spiro atoms. The Bertz CT molecular complexity index is 417. The number of halogens is 1. The number of ketones is 1. The van der Waals surface area contributed by atoms with Crippen molar-refractivity contribution in [2.45, 2.75) is 38.8 Å². The fourth-order valence-corrected chi connectivity index (χ4v) is 2.04. The van der Waals surface area contributed by atoms with Gasteiger partial charge in [-0.2, -0.15) is 5.10 Å². The zero-order valence-electron chi connectivity index (χ0n) is 11.9. The first-order valence-electron chi connectivity index (χ1n) is 6.63. The molecule has 2 N–H and O–H groups in total. The third kappa shape index (κ3) is 4.60. The maximum absolute atomic E-state index is 12.3. The first-order valence-corrected chi connectivity index (χ1v) is 7.01. The molecule has 1 atom stereocenters. The lowest BCUT2D eigenvalue weighted by molar-refractivity contribution is 0.0945. The van der Waals surface area contributed by atoms with Gasteiger partial charge in [0.2, 0.25) is 0 Å². The molecule has 0 amide bonds. The quantitative estimate of drug-likeness (QED) is 0.740. The Kier molecular flexibility index (Phi) is 6.48. The van der Waals surface area contributed by atoms with Gasteiger partial charge in [0.15, 0.2) is 5.78 Å². The minimum atomic E-state index is -0.493. The first-order chi connectivity index (χ1) is 8.97. The molecule has 19 heavy (non-hydrogen) atoms. The second kappa shape index (κ2) is 7.62. The molecule has 0 aromatic carbocycles. The average molecular weight is 287 g/mol. The van der Waals surface area contributed by atoms with Crippen LogP contribution in [0.4, 0.5) is 0 Å². The molecule has 5 nitrogen and oxygen atoms in total. The van der Waals surface area contributed by atoms with E-state index < -0.39 is 6.04 Å². The summed E-state index contributed by atoms with van der Waals surface area (Å²) in [6.07, 6.45) is 4.16. The third-order valence-corrected chi connectivity index (χ3v) is 3.27. The largest absolute Gasteiger partial charge is 0.321 e. The van der Waals surface area contributed by atoms with Crippen LogP contribution in [0.5, 0.6) is 0 Å². The van der Waals surface area contributed by atoms with Crippen LogP contribution in [-0.2, 0) is 6.54 Å². The van der Waals surface area contributed by atoms with Gasteiger partial charge in [0.05, 0.1) is 23.8 Å². The summed E-state index contributed by atoms with van der Waals surface area (Å²) in [4.78, 5) is 14.3. The maximum atomic E-state index is 12.3. The molecule has 0 saturated carbocycles. The highest BCUT2D eigenvalue weighted by Gasteiger charge is 2.22. The fourth-order valence-electron chi connectivity index (χ4n) is 1.80. The summed E-state index contributed by atoms with van der Waals surface area (Å²) < 4.78 is 1.65. The predicted octanol–water partition coefficient (Wildman–Crippen LogP) is 1.80. The number of nitrogens with two attached hydrogens (primary N) is 1. The molecule has 1 aromatic rings. The van der Waals surface area contributed by atoms with Crippen molar-refractivity contribution in [1.29, 1.82) is 0 Å². The van der Waals surface area contributed by atoms with Crippen LogP contribution < -0.4 is 5.73 Å². The molecule has 1 heterocycles. The number of unbranched alkanes of at least 4 members (excludes halogenated alkanes) is 1. The van der Waals surface area contributed by atoms with Gasteiger partial charge in [-0.1, -0.05) is 31.4 Å². The van der Waals surface area contributed by atoms with Crippen molar-refractivity contribution >= 4 is 17.4 Å². The van der Waals surface area contributed by atoms with E-state index >= 15 is 0 Å². The SMILES string of the molecule is CCCCC(N)C(=O)c1c(Cl)cnn1CCN(C)C. The summed E-state index contributed by atoms with van der Waals surface area (Å²) in [6.45, 7) is 3.50. The second-order valence-corrected chi connectivity index (χ2v) is 5.39. The van der Waals surface area contributed by atoms with E-state index in [-0.39, 0.29) is 5.78 Å². The summed E-state index contributed by atoms with van der Waals surface area (Å²) >= 11 is 6.06. The molecular formula is C13H23ClN4O. The highest BCUT2D eigenvalue weighted by Crippen LogP contribution is 2.18. The minimum Gasteiger partial charge on any atom is -0.321 e. The van der Waals surface area contributed by atoms with Gasteiger partial charge in [-0.15, -0.1) is 0 Å². The minimum absolute atomic E-state index is 0.116. The average Bonchev–Trinajstić information content (AvgIpc) is 2.73. The van der Waals surface area contributed by atoms with Gasteiger partial charge in [-0.25, -0.2) is 0 Å². The number of nitrogens with zero attached hydrogens (tertiary/aromatic N) is 3. The highest BCUT2D eigenvalue weighted by molar-refractivity contribution is 6.33. The monoisotopic (exact) mass is 286 g/mol. The molecule has 0 aliphatic rings. The molecule has 0 bridgehead atoms. The third-order valence-electron chi connectivity index (χ3n) is 2.99.